The van der Waals surface area contributed by atoms with Gasteiger partial charge in [-0.15, -0.1) is 0 Å². The Labute approximate surface area is 136 Å². The number of hydrogen-bond donors (Lipinski definition) is 1. The predicted octanol–water partition coefficient (Wildman–Crippen LogP) is 4.03. The zero-order valence-corrected chi connectivity index (χ0v) is 13.5. The van der Waals surface area contributed by atoms with E-state index >= 15 is 0 Å². The van der Waals surface area contributed by atoms with Crippen LogP contribution in [0, 0.1) is 6.92 Å². The van der Waals surface area contributed by atoms with Crippen molar-refractivity contribution in [2.75, 3.05) is 13.7 Å². The standard InChI is InChI=1S/C19H20O4/c1-4-23-17-8-6-5-7-14(17)12-16(19(20)21)15-11-13(2)9-10-18(15)22-3/h5-12H,4H2,1-3H3,(H,20,21)/b16-12-. The van der Waals surface area contributed by atoms with Gasteiger partial charge in [0.05, 0.1) is 19.3 Å². The molecule has 23 heavy (non-hydrogen) atoms. The van der Waals surface area contributed by atoms with Gasteiger partial charge in [0, 0.05) is 11.1 Å². The Morgan fingerprint density at radius 2 is 1.91 bits per heavy atom. The molecule has 0 bridgehead atoms. The summed E-state index contributed by atoms with van der Waals surface area (Å²) >= 11 is 0. The van der Waals surface area contributed by atoms with Crippen LogP contribution >= 0.6 is 0 Å². The third kappa shape index (κ3) is 3.92. The van der Waals surface area contributed by atoms with E-state index in [0.29, 0.717) is 23.7 Å². The van der Waals surface area contributed by atoms with Crippen LogP contribution in [-0.4, -0.2) is 24.8 Å². The van der Waals surface area contributed by atoms with Crippen LogP contribution in [-0.2, 0) is 4.79 Å². The molecule has 120 valence electrons. The molecule has 0 aromatic heterocycles. The van der Waals surface area contributed by atoms with Gasteiger partial charge in [0.25, 0.3) is 0 Å². The van der Waals surface area contributed by atoms with E-state index in [9.17, 15) is 9.90 Å². The third-order valence-corrected chi connectivity index (χ3v) is 3.39. The molecule has 0 atom stereocenters. The number of carboxylic acids is 1. The van der Waals surface area contributed by atoms with E-state index < -0.39 is 5.97 Å². The zero-order chi connectivity index (χ0) is 16.8. The fourth-order valence-corrected chi connectivity index (χ4v) is 2.33. The molecule has 2 rings (SSSR count). The molecule has 0 amide bonds. The van der Waals surface area contributed by atoms with Crippen molar-refractivity contribution in [3.8, 4) is 11.5 Å². The van der Waals surface area contributed by atoms with Crippen molar-refractivity contribution in [1.29, 1.82) is 0 Å². The summed E-state index contributed by atoms with van der Waals surface area (Å²) in [6.07, 6.45) is 1.62. The number of aryl methyl sites for hydroxylation is 1. The summed E-state index contributed by atoms with van der Waals surface area (Å²) in [5, 5.41) is 9.65. The quantitative estimate of drug-likeness (QED) is 0.646. The molecule has 0 saturated heterocycles. The molecule has 0 spiro atoms. The average molecular weight is 312 g/mol. The van der Waals surface area contributed by atoms with Crippen molar-refractivity contribution in [1.82, 2.24) is 0 Å². The van der Waals surface area contributed by atoms with Gasteiger partial charge in [-0.05, 0) is 38.1 Å². The molecule has 0 aliphatic rings. The molecule has 0 aliphatic heterocycles. The second kappa shape index (κ2) is 7.49. The van der Waals surface area contributed by atoms with Crippen molar-refractivity contribution in [2.45, 2.75) is 13.8 Å². The molecular weight excluding hydrogens is 292 g/mol. The smallest absolute Gasteiger partial charge is 0.336 e. The highest BCUT2D eigenvalue weighted by Crippen LogP contribution is 2.31. The van der Waals surface area contributed by atoms with Gasteiger partial charge in [0.1, 0.15) is 11.5 Å². The lowest BCUT2D eigenvalue weighted by Gasteiger charge is -2.12. The number of aliphatic carboxylic acids is 1. The summed E-state index contributed by atoms with van der Waals surface area (Å²) in [6.45, 7) is 4.32. The second-order valence-corrected chi connectivity index (χ2v) is 5.04. The normalized spacial score (nSPS) is 11.2. The number of methoxy groups -OCH3 is 1. The number of carboxylic acid groups (broad SMARTS) is 1. The molecule has 2 aromatic carbocycles. The summed E-state index contributed by atoms with van der Waals surface area (Å²) in [5.41, 5.74) is 2.39. The van der Waals surface area contributed by atoms with Crippen LogP contribution in [0.1, 0.15) is 23.6 Å². The van der Waals surface area contributed by atoms with Crippen molar-refractivity contribution in [3.05, 3.63) is 59.2 Å². The first kappa shape index (κ1) is 16.6. The molecule has 0 aliphatic carbocycles. The van der Waals surface area contributed by atoms with E-state index in [-0.39, 0.29) is 5.57 Å². The maximum Gasteiger partial charge on any atom is 0.336 e. The Bertz CT molecular complexity index is 732. The van der Waals surface area contributed by atoms with Gasteiger partial charge in [0.2, 0.25) is 0 Å². The highest BCUT2D eigenvalue weighted by molar-refractivity contribution is 6.21. The Morgan fingerprint density at radius 3 is 2.57 bits per heavy atom. The first-order valence-corrected chi connectivity index (χ1v) is 7.38. The molecule has 0 fully saturated rings. The van der Waals surface area contributed by atoms with E-state index in [2.05, 4.69) is 0 Å². The molecule has 0 saturated carbocycles. The summed E-state index contributed by atoms with van der Waals surface area (Å²) < 4.78 is 10.9. The molecule has 4 nitrogen and oxygen atoms in total. The minimum Gasteiger partial charge on any atom is -0.496 e. The van der Waals surface area contributed by atoms with Crippen molar-refractivity contribution in [2.24, 2.45) is 0 Å². The van der Waals surface area contributed by atoms with E-state index in [0.717, 1.165) is 11.1 Å². The van der Waals surface area contributed by atoms with E-state index in [1.807, 2.05) is 50.2 Å². The van der Waals surface area contributed by atoms with Crippen LogP contribution in [0.15, 0.2) is 42.5 Å². The molecule has 0 radical (unpaired) electrons. The summed E-state index contributed by atoms with van der Waals surface area (Å²) in [7, 11) is 1.53. The van der Waals surface area contributed by atoms with Gasteiger partial charge in [-0.25, -0.2) is 4.79 Å². The molecule has 1 N–H and O–H groups in total. The lowest BCUT2D eigenvalue weighted by molar-refractivity contribution is -0.130. The predicted molar refractivity (Wildman–Crippen MR) is 90.8 cm³/mol. The maximum absolute atomic E-state index is 11.8. The zero-order valence-electron chi connectivity index (χ0n) is 13.5. The lowest BCUT2D eigenvalue weighted by atomic mass is 9.99. The fourth-order valence-electron chi connectivity index (χ4n) is 2.33. The van der Waals surface area contributed by atoms with Gasteiger partial charge >= 0.3 is 5.97 Å². The number of carbonyl (C=O) groups is 1. The number of rotatable bonds is 6. The van der Waals surface area contributed by atoms with Gasteiger partial charge in [-0.1, -0.05) is 29.8 Å². The lowest BCUT2D eigenvalue weighted by Crippen LogP contribution is -2.03. The minimum absolute atomic E-state index is 0.165. The van der Waals surface area contributed by atoms with E-state index in [1.165, 1.54) is 7.11 Å². The summed E-state index contributed by atoms with van der Waals surface area (Å²) in [4.78, 5) is 11.8. The molecular formula is C19H20O4. The summed E-state index contributed by atoms with van der Waals surface area (Å²) in [5.74, 6) is 0.165. The molecule has 2 aromatic rings. The Balaban J connectivity index is 2.60. The monoisotopic (exact) mass is 312 g/mol. The van der Waals surface area contributed by atoms with Crippen LogP contribution in [0.4, 0.5) is 0 Å². The highest BCUT2D eigenvalue weighted by Gasteiger charge is 2.16. The minimum atomic E-state index is -1.01. The van der Waals surface area contributed by atoms with E-state index in [4.69, 9.17) is 9.47 Å². The largest absolute Gasteiger partial charge is 0.496 e. The van der Waals surface area contributed by atoms with Gasteiger partial charge in [-0.3, -0.25) is 0 Å². The first-order chi connectivity index (χ1) is 11.1. The summed E-state index contributed by atoms with van der Waals surface area (Å²) in [6, 6.07) is 12.8. The first-order valence-electron chi connectivity index (χ1n) is 7.38. The van der Waals surface area contributed by atoms with Crippen molar-refractivity contribution >= 4 is 17.6 Å². The van der Waals surface area contributed by atoms with Gasteiger partial charge < -0.3 is 14.6 Å². The fraction of sp³-hybridized carbons (Fsp3) is 0.211. The van der Waals surface area contributed by atoms with E-state index in [1.54, 1.807) is 12.1 Å². The van der Waals surface area contributed by atoms with Crippen LogP contribution < -0.4 is 9.47 Å². The molecule has 0 heterocycles. The SMILES string of the molecule is CCOc1ccccc1/C=C(\C(=O)O)c1cc(C)ccc1OC. The number of para-hydroxylation sites is 1. The van der Waals surface area contributed by atoms with Gasteiger partial charge in [-0.2, -0.15) is 0 Å². The number of hydrogen-bond acceptors (Lipinski definition) is 3. The molecule has 4 heteroatoms. The Hall–Kier alpha value is -2.75. The topological polar surface area (TPSA) is 55.8 Å². The number of benzene rings is 2. The van der Waals surface area contributed by atoms with Gasteiger partial charge in [0.15, 0.2) is 0 Å². The second-order valence-electron chi connectivity index (χ2n) is 5.04. The van der Waals surface area contributed by atoms with Crippen molar-refractivity contribution in [3.63, 3.8) is 0 Å². The maximum atomic E-state index is 11.8. The van der Waals surface area contributed by atoms with Crippen LogP contribution in [0.25, 0.3) is 11.6 Å². The Morgan fingerprint density at radius 1 is 1.17 bits per heavy atom. The third-order valence-electron chi connectivity index (χ3n) is 3.39. The van der Waals surface area contributed by atoms with Crippen LogP contribution in [0.5, 0.6) is 11.5 Å². The highest BCUT2D eigenvalue weighted by atomic mass is 16.5. The molecule has 0 unspecified atom stereocenters. The Kier molecular flexibility index (Phi) is 5.41. The average Bonchev–Trinajstić information content (AvgIpc) is 2.54. The number of ether oxygens (including phenoxy) is 2. The van der Waals surface area contributed by atoms with Crippen LogP contribution in [0.3, 0.4) is 0 Å². The van der Waals surface area contributed by atoms with Crippen LogP contribution in [0.2, 0.25) is 0 Å². The van der Waals surface area contributed by atoms with Crippen molar-refractivity contribution < 1.29 is 19.4 Å².